The zero-order valence-corrected chi connectivity index (χ0v) is 14.1. The fraction of sp³-hybridized carbons (Fsp3) is 0.647. The summed E-state index contributed by atoms with van der Waals surface area (Å²) in [6.07, 6.45) is 8.58. The van der Waals surface area contributed by atoms with Crippen molar-refractivity contribution in [3.63, 3.8) is 0 Å². The molecule has 2 aromatic heterocycles. The number of rotatable bonds is 4. The molecule has 1 aliphatic carbocycles. The van der Waals surface area contributed by atoms with Gasteiger partial charge in [0.15, 0.2) is 0 Å². The molecule has 0 saturated heterocycles. The fourth-order valence-corrected chi connectivity index (χ4v) is 4.53. The highest BCUT2D eigenvalue weighted by atomic mass is 32.1. The summed E-state index contributed by atoms with van der Waals surface area (Å²) in [5.41, 5.74) is 1.32. The SMILES string of the molecule is Cc1sc2ncnc(NCCC3CCCC(C)C3)c2c1C. The molecule has 1 N–H and O–H groups in total. The molecule has 1 saturated carbocycles. The van der Waals surface area contributed by atoms with E-state index in [0.717, 1.165) is 29.0 Å². The van der Waals surface area contributed by atoms with Crippen molar-refractivity contribution in [3.05, 3.63) is 16.8 Å². The molecule has 0 radical (unpaired) electrons. The Morgan fingerprint density at radius 3 is 2.95 bits per heavy atom. The quantitative estimate of drug-likeness (QED) is 0.869. The molecule has 2 heterocycles. The first kappa shape index (κ1) is 14.8. The second-order valence-corrected chi connectivity index (χ2v) is 7.74. The van der Waals surface area contributed by atoms with Crippen LogP contribution in [0.3, 0.4) is 0 Å². The third kappa shape index (κ3) is 3.20. The summed E-state index contributed by atoms with van der Waals surface area (Å²) >= 11 is 1.76. The Morgan fingerprint density at radius 2 is 2.14 bits per heavy atom. The van der Waals surface area contributed by atoms with E-state index in [2.05, 4.69) is 36.1 Å². The van der Waals surface area contributed by atoms with Gasteiger partial charge in [-0.05, 0) is 44.1 Å². The van der Waals surface area contributed by atoms with Gasteiger partial charge in [0, 0.05) is 11.4 Å². The van der Waals surface area contributed by atoms with Gasteiger partial charge in [-0.2, -0.15) is 0 Å². The van der Waals surface area contributed by atoms with E-state index in [1.807, 2.05) is 0 Å². The van der Waals surface area contributed by atoms with E-state index < -0.39 is 0 Å². The van der Waals surface area contributed by atoms with Gasteiger partial charge in [0.25, 0.3) is 0 Å². The minimum absolute atomic E-state index is 0.892. The summed E-state index contributed by atoms with van der Waals surface area (Å²) in [4.78, 5) is 11.3. The van der Waals surface area contributed by atoms with Crippen molar-refractivity contribution in [1.82, 2.24) is 9.97 Å². The van der Waals surface area contributed by atoms with Crippen LogP contribution in [0.2, 0.25) is 0 Å². The number of fused-ring (bicyclic) bond motifs is 1. The molecule has 2 unspecified atom stereocenters. The molecule has 3 rings (SSSR count). The minimum Gasteiger partial charge on any atom is -0.369 e. The molecule has 21 heavy (non-hydrogen) atoms. The van der Waals surface area contributed by atoms with E-state index >= 15 is 0 Å². The monoisotopic (exact) mass is 303 g/mol. The Balaban J connectivity index is 1.65. The highest BCUT2D eigenvalue weighted by Crippen LogP contribution is 2.33. The Hall–Kier alpha value is -1.16. The van der Waals surface area contributed by atoms with Crippen LogP contribution in [-0.4, -0.2) is 16.5 Å². The lowest BCUT2D eigenvalue weighted by molar-refractivity contribution is 0.274. The van der Waals surface area contributed by atoms with Gasteiger partial charge in [-0.3, -0.25) is 0 Å². The molecule has 0 amide bonds. The van der Waals surface area contributed by atoms with Gasteiger partial charge in [-0.25, -0.2) is 9.97 Å². The molecule has 0 bridgehead atoms. The number of anilines is 1. The first-order chi connectivity index (χ1) is 10.1. The van der Waals surface area contributed by atoms with E-state index in [1.165, 1.54) is 47.9 Å². The van der Waals surface area contributed by atoms with Gasteiger partial charge in [-0.15, -0.1) is 11.3 Å². The molecule has 2 atom stereocenters. The summed E-state index contributed by atoms with van der Waals surface area (Å²) in [5.74, 6) is 2.82. The molecule has 3 nitrogen and oxygen atoms in total. The molecule has 4 heteroatoms. The van der Waals surface area contributed by atoms with E-state index in [1.54, 1.807) is 17.7 Å². The van der Waals surface area contributed by atoms with Crippen LogP contribution in [0.5, 0.6) is 0 Å². The normalized spacial score (nSPS) is 22.6. The predicted molar refractivity (Wildman–Crippen MR) is 91.1 cm³/mol. The number of nitrogens with one attached hydrogen (secondary N) is 1. The van der Waals surface area contributed by atoms with Gasteiger partial charge < -0.3 is 5.32 Å². The Labute approximate surface area is 131 Å². The second kappa shape index (κ2) is 6.30. The predicted octanol–water partition coefficient (Wildman–Crippen LogP) is 4.94. The number of thiophene rings is 1. The van der Waals surface area contributed by atoms with Gasteiger partial charge in [0.1, 0.15) is 17.0 Å². The highest BCUT2D eigenvalue weighted by Gasteiger charge is 2.18. The average Bonchev–Trinajstić information content (AvgIpc) is 2.75. The number of hydrogen-bond donors (Lipinski definition) is 1. The van der Waals surface area contributed by atoms with Crippen LogP contribution in [0, 0.1) is 25.7 Å². The summed E-state index contributed by atoms with van der Waals surface area (Å²) in [5, 5.41) is 4.78. The summed E-state index contributed by atoms with van der Waals surface area (Å²) < 4.78 is 0. The first-order valence-electron chi connectivity index (χ1n) is 8.09. The maximum atomic E-state index is 4.46. The van der Waals surface area contributed by atoms with Crippen LogP contribution in [-0.2, 0) is 0 Å². The maximum Gasteiger partial charge on any atom is 0.138 e. The topological polar surface area (TPSA) is 37.8 Å². The van der Waals surface area contributed by atoms with Crippen LogP contribution in [0.1, 0.15) is 49.5 Å². The van der Waals surface area contributed by atoms with Crippen molar-refractivity contribution in [1.29, 1.82) is 0 Å². The minimum atomic E-state index is 0.892. The lowest BCUT2D eigenvalue weighted by atomic mass is 9.81. The molecule has 0 aromatic carbocycles. The lowest BCUT2D eigenvalue weighted by Gasteiger charge is -2.26. The van der Waals surface area contributed by atoms with Crippen LogP contribution in [0.25, 0.3) is 10.2 Å². The summed E-state index contributed by atoms with van der Waals surface area (Å²) in [7, 11) is 0. The number of aromatic nitrogens is 2. The third-order valence-corrected chi connectivity index (χ3v) is 5.97. The molecule has 1 fully saturated rings. The van der Waals surface area contributed by atoms with Crippen molar-refractivity contribution in [3.8, 4) is 0 Å². The van der Waals surface area contributed by atoms with Crippen molar-refractivity contribution in [2.24, 2.45) is 11.8 Å². The zero-order chi connectivity index (χ0) is 14.8. The molecular weight excluding hydrogens is 278 g/mol. The van der Waals surface area contributed by atoms with Crippen molar-refractivity contribution >= 4 is 27.4 Å². The molecule has 2 aromatic rings. The molecule has 0 aliphatic heterocycles. The van der Waals surface area contributed by atoms with Crippen LogP contribution in [0.15, 0.2) is 6.33 Å². The molecule has 1 aliphatic rings. The summed E-state index contributed by atoms with van der Waals surface area (Å²) in [6.45, 7) is 7.75. The maximum absolute atomic E-state index is 4.46. The van der Waals surface area contributed by atoms with E-state index in [0.29, 0.717) is 0 Å². The van der Waals surface area contributed by atoms with E-state index in [4.69, 9.17) is 0 Å². The number of aryl methyl sites for hydroxylation is 2. The molecule has 114 valence electrons. The van der Waals surface area contributed by atoms with Crippen LogP contribution in [0.4, 0.5) is 5.82 Å². The van der Waals surface area contributed by atoms with Gasteiger partial charge in [-0.1, -0.05) is 26.2 Å². The lowest BCUT2D eigenvalue weighted by Crippen LogP contribution is -2.17. The Bertz CT molecular complexity index is 620. The van der Waals surface area contributed by atoms with Crippen molar-refractivity contribution in [2.75, 3.05) is 11.9 Å². The number of nitrogens with zero attached hydrogens (tertiary/aromatic N) is 2. The smallest absolute Gasteiger partial charge is 0.138 e. The standard InChI is InChI=1S/C17H25N3S/c1-11-5-4-6-14(9-11)7-8-18-16-15-12(2)13(3)21-17(15)20-10-19-16/h10-11,14H,4-9H2,1-3H3,(H,18,19,20). The van der Waals surface area contributed by atoms with Gasteiger partial charge in [0.2, 0.25) is 0 Å². The average molecular weight is 303 g/mol. The van der Waals surface area contributed by atoms with E-state index in [-0.39, 0.29) is 0 Å². The Kier molecular flexibility index (Phi) is 4.43. The fourth-order valence-electron chi connectivity index (χ4n) is 3.53. The highest BCUT2D eigenvalue weighted by molar-refractivity contribution is 7.18. The van der Waals surface area contributed by atoms with Crippen molar-refractivity contribution < 1.29 is 0 Å². The molecule has 0 spiro atoms. The Morgan fingerprint density at radius 1 is 1.29 bits per heavy atom. The summed E-state index contributed by atoms with van der Waals surface area (Å²) in [6, 6.07) is 0. The van der Waals surface area contributed by atoms with E-state index in [9.17, 15) is 0 Å². The first-order valence-corrected chi connectivity index (χ1v) is 8.91. The van der Waals surface area contributed by atoms with Gasteiger partial charge in [0.05, 0.1) is 5.39 Å². The van der Waals surface area contributed by atoms with Gasteiger partial charge >= 0.3 is 0 Å². The zero-order valence-electron chi connectivity index (χ0n) is 13.3. The van der Waals surface area contributed by atoms with Crippen LogP contribution < -0.4 is 5.32 Å². The third-order valence-electron chi connectivity index (χ3n) is 4.86. The van der Waals surface area contributed by atoms with Crippen LogP contribution >= 0.6 is 11.3 Å². The largest absolute Gasteiger partial charge is 0.369 e. The second-order valence-electron chi connectivity index (χ2n) is 6.54. The van der Waals surface area contributed by atoms with Crippen molar-refractivity contribution in [2.45, 2.75) is 52.9 Å². The number of hydrogen-bond acceptors (Lipinski definition) is 4. The molecular formula is C17H25N3S.